The Morgan fingerprint density at radius 3 is 2.14 bits per heavy atom. The van der Waals surface area contributed by atoms with Gasteiger partial charge in [0.1, 0.15) is 0 Å². The Hall–Kier alpha value is -2.42. The molecule has 0 aromatic heterocycles. The van der Waals surface area contributed by atoms with E-state index < -0.39 is 0 Å². The van der Waals surface area contributed by atoms with E-state index >= 15 is 0 Å². The summed E-state index contributed by atoms with van der Waals surface area (Å²) in [4.78, 5) is 23.4. The molecule has 2 aromatic rings. The fraction of sp³-hybridized carbons (Fsp3) is 0.263. The molecular formula is C19H20O3. The zero-order valence-corrected chi connectivity index (χ0v) is 12.7. The number of hydrogen-bond acceptors (Lipinski definition) is 3. The van der Waals surface area contributed by atoms with E-state index in [0.29, 0.717) is 17.5 Å². The van der Waals surface area contributed by atoms with Crippen LogP contribution in [0, 0.1) is 0 Å². The first-order valence-electron chi connectivity index (χ1n) is 7.46. The zero-order valence-electron chi connectivity index (χ0n) is 12.7. The summed E-state index contributed by atoms with van der Waals surface area (Å²) in [6.07, 6.45) is 3.39. The van der Waals surface area contributed by atoms with Gasteiger partial charge in [0.15, 0.2) is 5.78 Å². The Morgan fingerprint density at radius 1 is 0.864 bits per heavy atom. The second-order valence-corrected chi connectivity index (χ2v) is 5.18. The number of esters is 1. The van der Waals surface area contributed by atoms with Crippen LogP contribution in [0.2, 0.25) is 0 Å². The molecular weight excluding hydrogens is 276 g/mol. The quantitative estimate of drug-likeness (QED) is 0.439. The molecule has 22 heavy (non-hydrogen) atoms. The normalized spacial score (nSPS) is 10.2. The van der Waals surface area contributed by atoms with E-state index in [4.69, 9.17) is 0 Å². The van der Waals surface area contributed by atoms with Crippen LogP contribution in [0.25, 0.3) is 0 Å². The summed E-state index contributed by atoms with van der Waals surface area (Å²) < 4.78 is 4.63. The molecule has 0 aliphatic heterocycles. The highest BCUT2D eigenvalue weighted by Gasteiger charge is 2.08. The predicted molar refractivity (Wildman–Crippen MR) is 86.1 cm³/mol. The number of ketones is 1. The lowest BCUT2D eigenvalue weighted by molar-refractivity contribution is 0.0600. The van der Waals surface area contributed by atoms with E-state index in [1.807, 2.05) is 18.2 Å². The van der Waals surface area contributed by atoms with Crippen LogP contribution in [-0.4, -0.2) is 18.9 Å². The molecule has 0 saturated carbocycles. The van der Waals surface area contributed by atoms with Crippen LogP contribution in [-0.2, 0) is 11.2 Å². The molecule has 0 bridgehead atoms. The first kappa shape index (κ1) is 16.0. The Kier molecular flexibility index (Phi) is 5.90. The van der Waals surface area contributed by atoms with Gasteiger partial charge in [-0.15, -0.1) is 0 Å². The molecule has 0 N–H and O–H groups in total. The summed E-state index contributed by atoms with van der Waals surface area (Å²) in [5.74, 6) is -0.272. The van der Waals surface area contributed by atoms with Gasteiger partial charge >= 0.3 is 5.97 Å². The fourth-order valence-corrected chi connectivity index (χ4v) is 2.31. The number of carbonyl (C=O) groups excluding carboxylic acids is 2. The van der Waals surface area contributed by atoms with Crippen molar-refractivity contribution in [2.45, 2.75) is 25.7 Å². The maximum absolute atomic E-state index is 12.1. The lowest BCUT2D eigenvalue weighted by Crippen LogP contribution is -2.03. The molecule has 3 heteroatoms. The molecule has 0 aliphatic rings. The van der Waals surface area contributed by atoms with Gasteiger partial charge in [0.25, 0.3) is 0 Å². The van der Waals surface area contributed by atoms with Gasteiger partial charge in [-0.2, -0.15) is 0 Å². The van der Waals surface area contributed by atoms with Crippen molar-refractivity contribution in [3.8, 4) is 0 Å². The first-order valence-corrected chi connectivity index (χ1v) is 7.46. The summed E-state index contributed by atoms with van der Waals surface area (Å²) in [6.45, 7) is 0. The third-order valence-corrected chi connectivity index (χ3v) is 3.59. The van der Waals surface area contributed by atoms with Gasteiger partial charge in [-0.05, 0) is 37.0 Å². The Morgan fingerprint density at radius 2 is 1.50 bits per heavy atom. The zero-order chi connectivity index (χ0) is 15.8. The third kappa shape index (κ3) is 4.55. The number of hydrogen-bond donors (Lipinski definition) is 0. The van der Waals surface area contributed by atoms with Gasteiger partial charge < -0.3 is 4.74 Å². The topological polar surface area (TPSA) is 43.4 Å². The molecule has 2 rings (SSSR count). The average molecular weight is 296 g/mol. The highest BCUT2D eigenvalue weighted by molar-refractivity contribution is 5.97. The second-order valence-electron chi connectivity index (χ2n) is 5.18. The number of unbranched alkanes of at least 4 members (excludes halogenated alkanes) is 1. The maximum Gasteiger partial charge on any atom is 0.337 e. The Labute approximate surface area is 130 Å². The van der Waals surface area contributed by atoms with Crippen LogP contribution in [0.5, 0.6) is 0 Å². The SMILES string of the molecule is COC(=O)c1ccc(C(=O)CCCCc2ccccc2)cc1. The third-order valence-electron chi connectivity index (χ3n) is 3.59. The van der Waals surface area contributed by atoms with Crippen molar-refractivity contribution < 1.29 is 14.3 Å². The number of rotatable bonds is 7. The molecule has 0 amide bonds. The summed E-state index contributed by atoms with van der Waals surface area (Å²) in [7, 11) is 1.34. The van der Waals surface area contributed by atoms with Crippen LogP contribution in [0.1, 0.15) is 45.5 Å². The van der Waals surface area contributed by atoms with Crippen molar-refractivity contribution in [2.24, 2.45) is 0 Å². The highest BCUT2D eigenvalue weighted by atomic mass is 16.5. The molecule has 0 fully saturated rings. The van der Waals surface area contributed by atoms with Crippen LogP contribution < -0.4 is 0 Å². The van der Waals surface area contributed by atoms with Gasteiger partial charge in [0.2, 0.25) is 0 Å². The molecule has 0 radical (unpaired) electrons. The molecule has 0 spiro atoms. The predicted octanol–water partition coefficient (Wildman–Crippen LogP) is 4.07. The molecule has 0 unspecified atom stereocenters. The number of carbonyl (C=O) groups is 2. The Balaban J connectivity index is 1.78. The number of methoxy groups -OCH3 is 1. The van der Waals surface area contributed by atoms with E-state index in [-0.39, 0.29) is 11.8 Å². The van der Waals surface area contributed by atoms with E-state index in [2.05, 4.69) is 16.9 Å². The first-order chi connectivity index (χ1) is 10.7. The van der Waals surface area contributed by atoms with Crippen molar-refractivity contribution in [1.82, 2.24) is 0 Å². The number of ether oxygens (including phenoxy) is 1. The van der Waals surface area contributed by atoms with Gasteiger partial charge in [0.05, 0.1) is 12.7 Å². The minimum Gasteiger partial charge on any atom is -0.465 e. The van der Waals surface area contributed by atoms with Crippen molar-refractivity contribution in [2.75, 3.05) is 7.11 Å². The van der Waals surface area contributed by atoms with E-state index in [1.165, 1.54) is 12.7 Å². The van der Waals surface area contributed by atoms with Crippen LogP contribution in [0.3, 0.4) is 0 Å². The molecule has 0 aliphatic carbocycles. The smallest absolute Gasteiger partial charge is 0.337 e. The second kappa shape index (κ2) is 8.13. The minimum atomic E-state index is -0.387. The summed E-state index contributed by atoms with van der Waals surface area (Å²) >= 11 is 0. The number of Topliss-reactive ketones (excluding diaryl/α,β-unsaturated/α-hetero) is 1. The summed E-state index contributed by atoms with van der Waals surface area (Å²) in [6, 6.07) is 16.9. The molecule has 0 saturated heterocycles. The lowest BCUT2D eigenvalue weighted by atomic mass is 10.0. The van der Waals surface area contributed by atoms with Gasteiger partial charge in [-0.3, -0.25) is 4.79 Å². The minimum absolute atomic E-state index is 0.115. The molecule has 3 nitrogen and oxygen atoms in total. The van der Waals surface area contributed by atoms with Crippen molar-refractivity contribution in [3.63, 3.8) is 0 Å². The monoisotopic (exact) mass is 296 g/mol. The standard InChI is InChI=1S/C19H20O3/c1-22-19(21)17-13-11-16(12-14-17)18(20)10-6-5-9-15-7-3-2-4-8-15/h2-4,7-8,11-14H,5-6,9-10H2,1H3. The maximum atomic E-state index is 12.1. The van der Waals surface area contributed by atoms with Crippen LogP contribution >= 0.6 is 0 Å². The number of aryl methyl sites for hydroxylation is 1. The lowest BCUT2D eigenvalue weighted by Gasteiger charge is -2.04. The molecule has 0 heterocycles. The molecule has 114 valence electrons. The Bertz CT molecular complexity index is 615. The average Bonchev–Trinajstić information content (AvgIpc) is 2.59. The van der Waals surface area contributed by atoms with Crippen molar-refractivity contribution in [3.05, 3.63) is 71.3 Å². The van der Waals surface area contributed by atoms with Crippen molar-refractivity contribution in [1.29, 1.82) is 0 Å². The highest BCUT2D eigenvalue weighted by Crippen LogP contribution is 2.12. The molecule has 2 aromatic carbocycles. The fourth-order valence-electron chi connectivity index (χ4n) is 2.31. The van der Waals surface area contributed by atoms with E-state index in [9.17, 15) is 9.59 Å². The summed E-state index contributed by atoms with van der Waals surface area (Å²) in [5, 5.41) is 0. The number of benzene rings is 2. The van der Waals surface area contributed by atoms with Crippen LogP contribution in [0.4, 0.5) is 0 Å². The van der Waals surface area contributed by atoms with E-state index in [1.54, 1.807) is 24.3 Å². The van der Waals surface area contributed by atoms with Gasteiger partial charge in [0, 0.05) is 12.0 Å². The van der Waals surface area contributed by atoms with Crippen molar-refractivity contribution >= 4 is 11.8 Å². The van der Waals surface area contributed by atoms with Gasteiger partial charge in [-0.1, -0.05) is 42.5 Å². The molecule has 0 atom stereocenters. The summed E-state index contributed by atoms with van der Waals surface area (Å²) in [5.41, 5.74) is 2.41. The largest absolute Gasteiger partial charge is 0.465 e. The van der Waals surface area contributed by atoms with Gasteiger partial charge in [-0.25, -0.2) is 4.79 Å². The van der Waals surface area contributed by atoms with Crippen LogP contribution in [0.15, 0.2) is 54.6 Å². The van der Waals surface area contributed by atoms with E-state index in [0.717, 1.165) is 19.3 Å².